The van der Waals surface area contributed by atoms with Gasteiger partial charge in [0.25, 0.3) is 5.91 Å². The average Bonchev–Trinajstić information content (AvgIpc) is 3.39. The van der Waals surface area contributed by atoms with E-state index in [-0.39, 0.29) is 5.91 Å². The maximum absolute atomic E-state index is 12.9. The number of pyridine rings is 1. The number of amides is 1. The predicted molar refractivity (Wildman–Crippen MR) is 108 cm³/mol. The monoisotopic (exact) mass is 357 g/mol. The van der Waals surface area contributed by atoms with E-state index in [0.717, 1.165) is 48.8 Å². The number of fused-ring (bicyclic) bond motifs is 1. The van der Waals surface area contributed by atoms with Crippen molar-refractivity contribution in [1.82, 2.24) is 10.3 Å². The number of anilines is 1. The maximum atomic E-state index is 12.9. The van der Waals surface area contributed by atoms with Gasteiger partial charge in [-0.1, -0.05) is 36.4 Å². The summed E-state index contributed by atoms with van der Waals surface area (Å²) in [5.74, 6) is 0.0287. The molecule has 4 nitrogen and oxygen atoms in total. The lowest BCUT2D eigenvalue weighted by atomic mass is 9.92. The normalized spacial score (nSPS) is 20.6. The van der Waals surface area contributed by atoms with Gasteiger partial charge < -0.3 is 10.2 Å². The summed E-state index contributed by atoms with van der Waals surface area (Å²) in [7, 11) is 0. The molecule has 2 fully saturated rings. The number of benzene rings is 2. The lowest BCUT2D eigenvalue weighted by molar-refractivity contribution is 0.0944. The number of piperidine rings is 1. The molecule has 1 aliphatic carbocycles. The molecule has 0 bridgehead atoms. The fraction of sp³-hybridized carbons (Fsp3) is 0.304. The van der Waals surface area contributed by atoms with Gasteiger partial charge in [0.2, 0.25) is 0 Å². The van der Waals surface area contributed by atoms with Crippen molar-refractivity contribution in [3.05, 3.63) is 72.4 Å². The summed E-state index contributed by atoms with van der Waals surface area (Å²) in [6.07, 6.45) is 5.11. The molecule has 27 heavy (non-hydrogen) atoms. The topological polar surface area (TPSA) is 45.2 Å². The zero-order valence-corrected chi connectivity index (χ0v) is 15.3. The van der Waals surface area contributed by atoms with Crippen LogP contribution in [0.25, 0.3) is 10.9 Å². The number of para-hydroxylation sites is 2. The summed E-state index contributed by atoms with van der Waals surface area (Å²) in [6, 6.07) is 20.6. The first-order valence-electron chi connectivity index (χ1n) is 9.70. The third kappa shape index (κ3) is 2.95. The Labute approximate surface area is 159 Å². The van der Waals surface area contributed by atoms with Gasteiger partial charge in [-0.2, -0.15) is 0 Å². The van der Waals surface area contributed by atoms with E-state index in [2.05, 4.69) is 45.5 Å². The summed E-state index contributed by atoms with van der Waals surface area (Å²) >= 11 is 0. The van der Waals surface area contributed by atoms with Crippen LogP contribution in [0.15, 0.2) is 66.9 Å². The third-order valence-electron chi connectivity index (χ3n) is 6.27. The first-order chi connectivity index (χ1) is 13.3. The fourth-order valence-corrected chi connectivity index (χ4v) is 4.48. The third-order valence-corrected chi connectivity index (χ3v) is 6.27. The summed E-state index contributed by atoms with van der Waals surface area (Å²) in [4.78, 5) is 19.7. The number of nitrogens with zero attached hydrogens (tertiary/aromatic N) is 2. The van der Waals surface area contributed by atoms with E-state index in [1.54, 1.807) is 6.20 Å². The predicted octanol–water partition coefficient (Wildman–Crippen LogP) is 4.02. The van der Waals surface area contributed by atoms with Crippen LogP contribution in [0.3, 0.4) is 0 Å². The Morgan fingerprint density at radius 2 is 1.74 bits per heavy atom. The van der Waals surface area contributed by atoms with E-state index < -0.39 is 0 Å². The largest absolute Gasteiger partial charge is 0.371 e. The second-order valence-electron chi connectivity index (χ2n) is 7.79. The lowest BCUT2D eigenvalue weighted by Crippen LogP contribution is -2.38. The minimum atomic E-state index is 0.0287. The molecule has 2 aromatic carbocycles. The van der Waals surface area contributed by atoms with Crippen LogP contribution in [0.2, 0.25) is 0 Å². The SMILES string of the molecule is O=C(NC1CC12CCN(c1ccccc1)CC2)c1ccnc2ccccc12. The Kier molecular flexibility index (Phi) is 3.85. The fourth-order valence-electron chi connectivity index (χ4n) is 4.48. The molecule has 136 valence electrons. The van der Waals surface area contributed by atoms with Crippen molar-refractivity contribution in [1.29, 1.82) is 0 Å². The van der Waals surface area contributed by atoms with Gasteiger partial charge in [-0.05, 0) is 48.9 Å². The Hall–Kier alpha value is -2.88. The van der Waals surface area contributed by atoms with Crippen molar-refractivity contribution < 1.29 is 4.79 Å². The zero-order valence-electron chi connectivity index (χ0n) is 15.3. The Morgan fingerprint density at radius 3 is 2.56 bits per heavy atom. The molecule has 1 saturated heterocycles. The highest BCUT2D eigenvalue weighted by Crippen LogP contribution is 2.54. The number of nitrogens with one attached hydrogen (secondary N) is 1. The summed E-state index contributed by atoms with van der Waals surface area (Å²) in [5.41, 5.74) is 3.19. The number of rotatable bonds is 3. The first-order valence-corrected chi connectivity index (χ1v) is 9.70. The number of carbonyl (C=O) groups excluding carboxylic acids is 1. The van der Waals surface area contributed by atoms with E-state index in [0.29, 0.717) is 11.5 Å². The van der Waals surface area contributed by atoms with E-state index in [1.807, 2.05) is 30.3 Å². The number of carbonyl (C=O) groups is 1. The Bertz CT molecular complexity index is 972. The highest BCUT2D eigenvalue weighted by atomic mass is 16.1. The number of aromatic nitrogens is 1. The van der Waals surface area contributed by atoms with Gasteiger partial charge in [-0.25, -0.2) is 0 Å². The quantitative estimate of drug-likeness (QED) is 0.770. The minimum absolute atomic E-state index is 0.0287. The molecule has 1 aliphatic heterocycles. The molecule has 2 aliphatic rings. The van der Waals surface area contributed by atoms with E-state index >= 15 is 0 Å². The molecule has 1 N–H and O–H groups in total. The van der Waals surface area contributed by atoms with Crippen LogP contribution in [0.4, 0.5) is 5.69 Å². The van der Waals surface area contributed by atoms with Gasteiger partial charge in [0.15, 0.2) is 0 Å². The molecular formula is C23H23N3O. The molecule has 1 amide bonds. The van der Waals surface area contributed by atoms with Crippen molar-refractivity contribution in [3.63, 3.8) is 0 Å². The molecule has 1 spiro atoms. The minimum Gasteiger partial charge on any atom is -0.371 e. The summed E-state index contributed by atoms with van der Waals surface area (Å²) < 4.78 is 0. The summed E-state index contributed by atoms with van der Waals surface area (Å²) in [5, 5.41) is 4.21. The van der Waals surface area contributed by atoms with Crippen LogP contribution in [0, 0.1) is 5.41 Å². The maximum Gasteiger partial charge on any atom is 0.252 e. The van der Waals surface area contributed by atoms with Crippen molar-refractivity contribution >= 4 is 22.5 Å². The molecular weight excluding hydrogens is 334 g/mol. The van der Waals surface area contributed by atoms with Gasteiger partial charge in [-0.15, -0.1) is 0 Å². The smallest absolute Gasteiger partial charge is 0.252 e. The van der Waals surface area contributed by atoms with Crippen LogP contribution >= 0.6 is 0 Å². The molecule has 1 saturated carbocycles. The molecule has 5 rings (SSSR count). The van der Waals surface area contributed by atoms with Gasteiger partial charge in [0, 0.05) is 36.4 Å². The molecule has 1 aromatic heterocycles. The molecule has 1 atom stereocenters. The van der Waals surface area contributed by atoms with Crippen LogP contribution < -0.4 is 10.2 Å². The summed E-state index contributed by atoms with van der Waals surface area (Å²) in [6.45, 7) is 2.13. The van der Waals surface area contributed by atoms with E-state index in [1.165, 1.54) is 5.69 Å². The molecule has 0 radical (unpaired) electrons. The highest BCUT2D eigenvalue weighted by Gasteiger charge is 2.55. The second kappa shape index (κ2) is 6.38. The zero-order chi connectivity index (χ0) is 18.3. The van der Waals surface area contributed by atoms with Gasteiger partial charge in [-0.3, -0.25) is 9.78 Å². The standard InChI is InChI=1S/C23H23N3O/c27-22(19-10-13-24-20-9-5-4-8-18(19)20)25-21-16-23(21)11-14-26(15-12-23)17-6-2-1-3-7-17/h1-10,13,21H,11-12,14-16H2,(H,25,27). The van der Waals surface area contributed by atoms with Crippen LogP contribution in [0.1, 0.15) is 29.6 Å². The Balaban J connectivity index is 1.25. The van der Waals surface area contributed by atoms with Crippen LogP contribution in [-0.4, -0.2) is 30.0 Å². The van der Waals surface area contributed by atoms with Crippen molar-refractivity contribution in [3.8, 4) is 0 Å². The van der Waals surface area contributed by atoms with Crippen molar-refractivity contribution in [2.24, 2.45) is 5.41 Å². The second-order valence-corrected chi connectivity index (χ2v) is 7.79. The number of hydrogen-bond acceptors (Lipinski definition) is 3. The van der Waals surface area contributed by atoms with Crippen molar-refractivity contribution in [2.45, 2.75) is 25.3 Å². The van der Waals surface area contributed by atoms with Gasteiger partial charge in [0.1, 0.15) is 0 Å². The molecule has 2 heterocycles. The Morgan fingerprint density at radius 1 is 1.00 bits per heavy atom. The van der Waals surface area contributed by atoms with E-state index in [4.69, 9.17) is 0 Å². The highest BCUT2D eigenvalue weighted by molar-refractivity contribution is 6.06. The van der Waals surface area contributed by atoms with Gasteiger partial charge >= 0.3 is 0 Å². The van der Waals surface area contributed by atoms with Crippen LogP contribution in [0.5, 0.6) is 0 Å². The first kappa shape index (κ1) is 16.3. The average molecular weight is 357 g/mol. The lowest BCUT2D eigenvalue weighted by Gasteiger charge is -2.34. The molecule has 3 aromatic rings. The van der Waals surface area contributed by atoms with Crippen LogP contribution in [-0.2, 0) is 0 Å². The van der Waals surface area contributed by atoms with E-state index in [9.17, 15) is 4.79 Å². The van der Waals surface area contributed by atoms with Crippen molar-refractivity contribution in [2.75, 3.05) is 18.0 Å². The molecule has 1 unspecified atom stereocenters. The van der Waals surface area contributed by atoms with Gasteiger partial charge in [0.05, 0.1) is 11.1 Å². The molecule has 4 heteroatoms. The number of hydrogen-bond donors (Lipinski definition) is 1.